The van der Waals surface area contributed by atoms with Crippen LogP contribution >= 0.6 is 0 Å². The quantitative estimate of drug-likeness (QED) is 0.498. The maximum atomic E-state index is 11.5. The van der Waals surface area contributed by atoms with Crippen molar-refractivity contribution in [2.24, 2.45) is 11.0 Å². The fourth-order valence-electron chi connectivity index (χ4n) is 2.20. The smallest absolute Gasteiger partial charge is 0.329 e. The molecule has 6 heteroatoms. The van der Waals surface area contributed by atoms with Crippen molar-refractivity contribution in [3.63, 3.8) is 0 Å². The molecule has 0 saturated heterocycles. The first kappa shape index (κ1) is 14.3. The Kier molecular flexibility index (Phi) is 5.34. The summed E-state index contributed by atoms with van der Waals surface area (Å²) in [4.78, 5) is 23.0. The Morgan fingerprint density at radius 3 is 2.80 bits per heavy atom. The van der Waals surface area contributed by atoms with E-state index in [1.165, 1.54) is 25.5 Å². The molecule has 0 atom stereocenters. The van der Waals surface area contributed by atoms with Crippen LogP contribution in [0.25, 0.3) is 0 Å². The highest BCUT2D eigenvalue weighted by atomic mass is 16.3. The molecule has 1 saturated carbocycles. The summed E-state index contributed by atoms with van der Waals surface area (Å²) in [7, 11) is 0. The second-order valence-electron chi connectivity index (χ2n) is 4.88. The molecule has 1 aromatic rings. The Balaban J connectivity index is 1.68. The summed E-state index contributed by atoms with van der Waals surface area (Å²) in [5.41, 5.74) is 2.25. The second kappa shape index (κ2) is 7.47. The van der Waals surface area contributed by atoms with Crippen LogP contribution in [0.3, 0.4) is 0 Å². The van der Waals surface area contributed by atoms with Gasteiger partial charge in [-0.05, 0) is 30.9 Å². The molecule has 0 aromatic carbocycles. The highest BCUT2D eigenvalue weighted by Crippen LogP contribution is 2.21. The van der Waals surface area contributed by atoms with Gasteiger partial charge in [0.1, 0.15) is 5.76 Å². The molecule has 1 aliphatic rings. The number of hydrazone groups is 1. The molecule has 108 valence electrons. The van der Waals surface area contributed by atoms with E-state index >= 15 is 0 Å². The summed E-state index contributed by atoms with van der Waals surface area (Å²) in [6, 6.07) is 3.44. The predicted molar refractivity (Wildman–Crippen MR) is 73.8 cm³/mol. The Hall–Kier alpha value is -2.11. The molecule has 1 aliphatic carbocycles. The number of hydrogen-bond donors (Lipinski definition) is 2. The van der Waals surface area contributed by atoms with Crippen LogP contribution in [0.2, 0.25) is 0 Å². The van der Waals surface area contributed by atoms with E-state index in [-0.39, 0.29) is 6.54 Å². The zero-order valence-electron chi connectivity index (χ0n) is 11.3. The summed E-state index contributed by atoms with van der Waals surface area (Å²) in [5, 5.41) is 6.31. The van der Waals surface area contributed by atoms with Crippen molar-refractivity contribution >= 4 is 18.0 Å². The van der Waals surface area contributed by atoms with Crippen molar-refractivity contribution in [2.45, 2.75) is 38.6 Å². The molecule has 2 amide bonds. The molecule has 0 bridgehead atoms. The molecule has 1 fully saturated rings. The van der Waals surface area contributed by atoms with Crippen LogP contribution in [-0.2, 0) is 16.1 Å². The Morgan fingerprint density at radius 2 is 2.10 bits per heavy atom. The van der Waals surface area contributed by atoms with Gasteiger partial charge in [-0.3, -0.25) is 9.59 Å². The number of amides is 2. The van der Waals surface area contributed by atoms with Gasteiger partial charge in [0.2, 0.25) is 0 Å². The van der Waals surface area contributed by atoms with Crippen LogP contribution in [0.4, 0.5) is 0 Å². The lowest BCUT2D eigenvalue weighted by atomic mass is 9.90. The van der Waals surface area contributed by atoms with Crippen LogP contribution in [0.1, 0.15) is 37.9 Å². The minimum absolute atomic E-state index is 0.186. The largest absolute Gasteiger partial charge is 0.467 e. The van der Waals surface area contributed by atoms with E-state index in [4.69, 9.17) is 4.42 Å². The second-order valence-corrected chi connectivity index (χ2v) is 4.88. The lowest BCUT2D eigenvalue weighted by molar-refractivity contribution is -0.139. The van der Waals surface area contributed by atoms with Crippen molar-refractivity contribution in [1.29, 1.82) is 0 Å². The van der Waals surface area contributed by atoms with Gasteiger partial charge in [-0.1, -0.05) is 19.3 Å². The summed E-state index contributed by atoms with van der Waals surface area (Å²) in [6.07, 6.45) is 9.12. The van der Waals surface area contributed by atoms with Crippen molar-refractivity contribution in [2.75, 3.05) is 0 Å². The van der Waals surface area contributed by atoms with Gasteiger partial charge in [0, 0.05) is 6.21 Å². The molecule has 20 heavy (non-hydrogen) atoms. The molecule has 2 rings (SSSR count). The Morgan fingerprint density at radius 1 is 1.30 bits per heavy atom. The van der Waals surface area contributed by atoms with Crippen LogP contribution in [0.5, 0.6) is 0 Å². The molecular formula is C14H19N3O3. The SMILES string of the molecule is O=C(NCc1ccco1)C(=O)N/N=C\C1CCCCC1. The topological polar surface area (TPSA) is 83.7 Å². The lowest BCUT2D eigenvalue weighted by Crippen LogP contribution is -2.37. The molecule has 1 heterocycles. The van der Waals surface area contributed by atoms with E-state index in [9.17, 15) is 9.59 Å². The Labute approximate surface area is 117 Å². The summed E-state index contributed by atoms with van der Waals surface area (Å²) >= 11 is 0. The Bertz CT molecular complexity index is 462. The summed E-state index contributed by atoms with van der Waals surface area (Å²) in [5.74, 6) is -0.474. The van der Waals surface area contributed by atoms with Crippen LogP contribution in [-0.4, -0.2) is 18.0 Å². The predicted octanol–water partition coefficient (Wildman–Crippen LogP) is 1.58. The fourth-order valence-corrected chi connectivity index (χ4v) is 2.20. The van der Waals surface area contributed by atoms with Crippen molar-refractivity contribution in [1.82, 2.24) is 10.7 Å². The van der Waals surface area contributed by atoms with Crippen molar-refractivity contribution in [3.8, 4) is 0 Å². The van der Waals surface area contributed by atoms with Crippen molar-refractivity contribution in [3.05, 3.63) is 24.2 Å². The fraction of sp³-hybridized carbons (Fsp3) is 0.500. The highest BCUT2D eigenvalue weighted by Gasteiger charge is 2.14. The number of furan rings is 1. The first-order valence-corrected chi connectivity index (χ1v) is 6.89. The molecule has 6 nitrogen and oxygen atoms in total. The van der Waals surface area contributed by atoms with Gasteiger partial charge in [-0.15, -0.1) is 0 Å². The van der Waals surface area contributed by atoms with E-state index in [1.807, 2.05) is 0 Å². The van der Waals surface area contributed by atoms with Gasteiger partial charge >= 0.3 is 11.8 Å². The lowest BCUT2D eigenvalue weighted by Gasteiger charge is -2.16. The third kappa shape index (κ3) is 4.53. The van der Waals surface area contributed by atoms with Crippen molar-refractivity contribution < 1.29 is 14.0 Å². The van der Waals surface area contributed by atoms with Gasteiger partial charge in [-0.2, -0.15) is 5.10 Å². The standard InChI is InChI=1S/C14H19N3O3/c18-13(15-10-12-7-4-8-20-12)14(19)17-16-9-11-5-2-1-3-6-11/h4,7-9,11H,1-3,5-6,10H2,(H,15,18)(H,17,19)/b16-9-. The van der Waals surface area contributed by atoms with Crippen LogP contribution in [0, 0.1) is 5.92 Å². The van der Waals surface area contributed by atoms with E-state index < -0.39 is 11.8 Å². The minimum Gasteiger partial charge on any atom is -0.467 e. The van der Waals surface area contributed by atoms with Gasteiger partial charge in [0.05, 0.1) is 12.8 Å². The van der Waals surface area contributed by atoms with Gasteiger partial charge in [0.15, 0.2) is 0 Å². The number of rotatable bonds is 4. The maximum Gasteiger partial charge on any atom is 0.329 e. The first-order chi connectivity index (χ1) is 9.75. The number of carbonyl (C=O) groups is 2. The molecular weight excluding hydrogens is 258 g/mol. The average Bonchev–Trinajstić information content (AvgIpc) is 2.99. The zero-order valence-corrected chi connectivity index (χ0v) is 11.3. The molecule has 0 aliphatic heterocycles. The van der Waals surface area contributed by atoms with Crippen LogP contribution in [0.15, 0.2) is 27.9 Å². The maximum absolute atomic E-state index is 11.5. The van der Waals surface area contributed by atoms with Gasteiger partial charge < -0.3 is 9.73 Å². The molecule has 2 N–H and O–H groups in total. The third-order valence-corrected chi connectivity index (χ3v) is 3.31. The number of nitrogens with one attached hydrogen (secondary N) is 2. The van der Waals surface area contributed by atoms with E-state index in [1.54, 1.807) is 18.3 Å². The molecule has 0 unspecified atom stereocenters. The number of hydrogen-bond acceptors (Lipinski definition) is 4. The minimum atomic E-state index is -0.761. The highest BCUT2D eigenvalue weighted by molar-refractivity contribution is 6.35. The summed E-state index contributed by atoms with van der Waals surface area (Å²) < 4.78 is 5.05. The monoisotopic (exact) mass is 277 g/mol. The van der Waals surface area contributed by atoms with Gasteiger partial charge in [0.25, 0.3) is 0 Å². The number of carbonyl (C=O) groups excluding carboxylic acids is 2. The van der Waals surface area contributed by atoms with E-state index in [0.29, 0.717) is 11.7 Å². The molecule has 0 radical (unpaired) electrons. The van der Waals surface area contributed by atoms with E-state index in [0.717, 1.165) is 12.8 Å². The van der Waals surface area contributed by atoms with E-state index in [2.05, 4.69) is 15.8 Å². The first-order valence-electron chi connectivity index (χ1n) is 6.89. The third-order valence-electron chi connectivity index (χ3n) is 3.31. The number of nitrogens with zero attached hydrogens (tertiary/aromatic N) is 1. The zero-order chi connectivity index (χ0) is 14.2. The summed E-state index contributed by atoms with van der Waals surface area (Å²) in [6.45, 7) is 0.186. The van der Waals surface area contributed by atoms with Gasteiger partial charge in [-0.25, -0.2) is 5.43 Å². The molecule has 1 aromatic heterocycles. The normalized spacial score (nSPS) is 16.2. The molecule has 0 spiro atoms. The average molecular weight is 277 g/mol. The van der Waals surface area contributed by atoms with Crippen LogP contribution < -0.4 is 10.7 Å².